The monoisotopic (exact) mass is 325 g/mol. The van der Waals surface area contributed by atoms with Gasteiger partial charge in [-0.05, 0) is 38.7 Å². The van der Waals surface area contributed by atoms with E-state index < -0.39 is 0 Å². The zero-order chi connectivity index (χ0) is 15.1. The van der Waals surface area contributed by atoms with Gasteiger partial charge in [-0.2, -0.15) is 0 Å². The van der Waals surface area contributed by atoms with E-state index in [1.54, 1.807) is 0 Å². The number of aromatic nitrogens is 1. The van der Waals surface area contributed by atoms with E-state index in [1.807, 2.05) is 39.2 Å². The lowest BCUT2D eigenvalue weighted by atomic mass is 10.2. The van der Waals surface area contributed by atoms with Crippen LogP contribution in [0.15, 0.2) is 34.9 Å². The van der Waals surface area contributed by atoms with Gasteiger partial charge in [-0.3, -0.25) is 0 Å². The average Bonchev–Trinajstić information content (AvgIpc) is 2.86. The van der Waals surface area contributed by atoms with Gasteiger partial charge >= 0.3 is 0 Å². The first kappa shape index (κ1) is 18.5. The number of rotatable bonds is 8. The number of benzene rings is 1. The minimum absolute atomic E-state index is 0. The number of ether oxygens (including phenoxy) is 1. The lowest BCUT2D eigenvalue weighted by Crippen LogP contribution is -2.19. The van der Waals surface area contributed by atoms with Crippen molar-refractivity contribution in [2.75, 3.05) is 27.2 Å². The van der Waals surface area contributed by atoms with Gasteiger partial charge in [0.1, 0.15) is 18.1 Å². The summed E-state index contributed by atoms with van der Waals surface area (Å²) >= 11 is 0. The van der Waals surface area contributed by atoms with E-state index >= 15 is 0 Å². The molecule has 6 heteroatoms. The molecule has 0 radical (unpaired) electrons. The van der Waals surface area contributed by atoms with Crippen LogP contribution in [0, 0.1) is 6.92 Å². The predicted octanol–water partition coefficient (Wildman–Crippen LogP) is 2.64. The van der Waals surface area contributed by atoms with E-state index in [9.17, 15) is 0 Å². The summed E-state index contributed by atoms with van der Waals surface area (Å²) in [6.45, 7) is 5.02. The SMILES string of the molecule is Cc1cc(CNCc2ccc(OCCN(C)C)cc2)no1.Cl. The van der Waals surface area contributed by atoms with Crippen LogP contribution in [0.5, 0.6) is 5.75 Å². The van der Waals surface area contributed by atoms with Gasteiger partial charge in [0.25, 0.3) is 0 Å². The van der Waals surface area contributed by atoms with E-state index in [0.717, 1.165) is 30.3 Å². The highest BCUT2D eigenvalue weighted by molar-refractivity contribution is 5.85. The number of likely N-dealkylation sites (N-methyl/N-ethyl adjacent to an activating group) is 1. The van der Waals surface area contributed by atoms with Gasteiger partial charge < -0.3 is 19.5 Å². The average molecular weight is 326 g/mol. The van der Waals surface area contributed by atoms with Crippen molar-refractivity contribution in [3.63, 3.8) is 0 Å². The highest BCUT2D eigenvalue weighted by atomic mass is 35.5. The van der Waals surface area contributed by atoms with Crippen LogP contribution in [-0.4, -0.2) is 37.3 Å². The molecule has 0 aliphatic heterocycles. The highest BCUT2D eigenvalue weighted by Gasteiger charge is 2.00. The highest BCUT2D eigenvalue weighted by Crippen LogP contribution is 2.12. The molecule has 0 spiro atoms. The van der Waals surface area contributed by atoms with Gasteiger partial charge in [-0.25, -0.2) is 0 Å². The fourth-order valence-corrected chi connectivity index (χ4v) is 1.89. The molecule has 0 saturated heterocycles. The van der Waals surface area contributed by atoms with Gasteiger partial charge in [0, 0.05) is 25.7 Å². The topological polar surface area (TPSA) is 50.5 Å². The molecule has 0 bridgehead atoms. The first-order chi connectivity index (χ1) is 10.1. The summed E-state index contributed by atoms with van der Waals surface area (Å²) in [6.07, 6.45) is 0. The molecule has 0 aliphatic rings. The molecule has 22 heavy (non-hydrogen) atoms. The van der Waals surface area contributed by atoms with Gasteiger partial charge in [-0.15, -0.1) is 12.4 Å². The summed E-state index contributed by atoms with van der Waals surface area (Å²) in [4.78, 5) is 2.10. The van der Waals surface area contributed by atoms with E-state index in [2.05, 4.69) is 27.5 Å². The van der Waals surface area contributed by atoms with Crippen molar-refractivity contribution in [3.05, 3.63) is 47.3 Å². The zero-order valence-electron chi connectivity index (χ0n) is 13.3. The standard InChI is InChI=1S/C16H23N3O2.ClH/c1-13-10-15(18-21-13)12-17-11-14-4-6-16(7-5-14)20-9-8-19(2)3;/h4-7,10,17H,8-9,11-12H2,1-3H3;1H. The van der Waals surface area contributed by atoms with Crippen molar-refractivity contribution in [3.8, 4) is 5.75 Å². The summed E-state index contributed by atoms with van der Waals surface area (Å²) in [6, 6.07) is 10.1. The summed E-state index contributed by atoms with van der Waals surface area (Å²) in [5.41, 5.74) is 2.14. The summed E-state index contributed by atoms with van der Waals surface area (Å²) in [5.74, 6) is 1.75. The molecule has 0 saturated carbocycles. The molecule has 122 valence electrons. The molecule has 2 aromatic rings. The normalized spacial score (nSPS) is 10.5. The van der Waals surface area contributed by atoms with Crippen LogP contribution in [0.25, 0.3) is 0 Å². The van der Waals surface area contributed by atoms with Gasteiger partial charge in [0.15, 0.2) is 0 Å². The zero-order valence-corrected chi connectivity index (χ0v) is 14.2. The minimum Gasteiger partial charge on any atom is -0.492 e. The molecular weight excluding hydrogens is 302 g/mol. The van der Waals surface area contributed by atoms with Crippen molar-refractivity contribution >= 4 is 12.4 Å². The van der Waals surface area contributed by atoms with Crippen LogP contribution in [0.1, 0.15) is 17.0 Å². The maximum atomic E-state index is 5.66. The molecule has 5 nitrogen and oxygen atoms in total. The Morgan fingerprint density at radius 3 is 2.50 bits per heavy atom. The van der Waals surface area contributed by atoms with Gasteiger partial charge in [0.2, 0.25) is 0 Å². The maximum absolute atomic E-state index is 5.66. The van der Waals surface area contributed by atoms with Crippen LogP contribution in [0.2, 0.25) is 0 Å². The second kappa shape index (κ2) is 9.46. The Labute approximate surface area is 138 Å². The van der Waals surface area contributed by atoms with Crippen molar-refractivity contribution in [2.24, 2.45) is 0 Å². The number of hydrogen-bond acceptors (Lipinski definition) is 5. The minimum atomic E-state index is 0. The van der Waals surface area contributed by atoms with Crippen LogP contribution in [-0.2, 0) is 13.1 Å². The Kier molecular flexibility index (Phi) is 7.95. The van der Waals surface area contributed by atoms with Crippen molar-refractivity contribution in [1.29, 1.82) is 0 Å². The van der Waals surface area contributed by atoms with Gasteiger partial charge in [0.05, 0.1) is 5.69 Å². The second-order valence-corrected chi connectivity index (χ2v) is 5.33. The molecule has 0 aliphatic carbocycles. The second-order valence-electron chi connectivity index (χ2n) is 5.33. The molecule has 1 N–H and O–H groups in total. The summed E-state index contributed by atoms with van der Waals surface area (Å²) in [7, 11) is 4.07. The Morgan fingerprint density at radius 1 is 1.18 bits per heavy atom. The lowest BCUT2D eigenvalue weighted by Gasteiger charge is -2.11. The number of aryl methyl sites for hydroxylation is 1. The third kappa shape index (κ3) is 6.47. The summed E-state index contributed by atoms with van der Waals surface area (Å²) < 4.78 is 10.7. The van der Waals surface area contributed by atoms with Crippen molar-refractivity contribution < 1.29 is 9.26 Å². The van der Waals surface area contributed by atoms with Crippen LogP contribution >= 0.6 is 12.4 Å². The Morgan fingerprint density at radius 2 is 1.91 bits per heavy atom. The number of hydrogen-bond donors (Lipinski definition) is 1. The summed E-state index contributed by atoms with van der Waals surface area (Å²) in [5, 5.41) is 7.29. The predicted molar refractivity (Wildman–Crippen MR) is 89.5 cm³/mol. The Hall–Kier alpha value is -1.56. The first-order valence-corrected chi connectivity index (χ1v) is 7.13. The van der Waals surface area contributed by atoms with Crippen LogP contribution < -0.4 is 10.1 Å². The van der Waals surface area contributed by atoms with Gasteiger partial charge in [-0.1, -0.05) is 17.3 Å². The maximum Gasteiger partial charge on any atom is 0.133 e. The number of nitrogens with zero attached hydrogens (tertiary/aromatic N) is 2. The number of nitrogens with one attached hydrogen (secondary N) is 1. The smallest absolute Gasteiger partial charge is 0.133 e. The Balaban J connectivity index is 0.00000242. The molecule has 0 atom stereocenters. The van der Waals surface area contributed by atoms with E-state index in [4.69, 9.17) is 9.26 Å². The fraction of sp³-hybridized carbons (Fsp3) is 0.438. The van der Waals surface area contributed by atoms with E-state index in [-0.39, 0.29) is 12.4 Å². The molecule has 0 amide bonds. The van der Waals surface area contributed by atoms with Crippen LogP contribution in [0.3, 0.4) is 0 Å². The first-order valence-electron chi connectivity index (χ1n) is 7.13. The largest absolute Gasteiger partial charge is 0.492 e. The van der Waals surface area contributed by atoms with E-state index in [1.165, 1.54) is 5.56 Å². The third-order valence-corrected chi connectivity index (χ3v) is 3.04. The molecule has 0 fully saturated rings. The molecule has 0 unspecified atom stereocenters. The molecule has 1 aromatic carbocycles. The number of halogens is 1. The molecule has 1 aromatic heterocycles. The third-order valence-electron chi connectivity index (χ3n) is 3.04. The van der Waals surface area contributed by atoms with Crippen molar-refractivity contribution in [2.45, 2.75) is 20.0 Å². The fourth-order valence-electron chi connectivity index (χ4n) is 1.89. The van der Waals surface area contributed by atoms with Crippen LogP contribution in [0.4, 0.5) is 0 Å². The Bertz CT molecular complexity index is 541. The van der Waals surface area contributed by atoms with E-state index in [0.29, 0.717) is 13.2 Å². The molecule has 1 heterocycles. The molecule has 2 rings (SSSR count). The lowest BCUT2D eigenvalue weighted by molar-refractivity contribution is 0.261. The van der Waals surface area contributed by atoms with Crippen molar-refractivity contribution in [1.82, 2.24) is 15.4 Å². The molecular formula is C16H24ClN3O2. The quantitative estimate of drug-likeness (QED) is 0.808.